The Kier molecular flexibility index (Phi) is 3.46. The van der Waals surface area contributed by atoms with E-state index in [1.54, 1.807) is 12.1 Å². The maximum Gasteiger partial charge on any atom is 0.292 e. The zero-order chi connectivity index (χ0) is 14.0. The highest BCUT2D eigenvalue weighted by molar-refractivity contribution is 5.92. The first kappa shape index (κ1) is 13.0. The molecule has 0 radical (unpaired) electrons. The Bertz CT molecular complexity index is 618. The van der Waals surface area contributed by atoms with Gasteiger partial charge in [0.05, 0.1) is 26.7 Å². The summed E-state index contributed by atoms with van der Waals surface area (Å²) in [6.07, 6.45) is 0. The fourth-order valence-electron chi connectivity index (χ4n) is 1.89. The lowest BCUT2D eigenvalue weighted by Gasteiger charge is -2.07. The van der Waals surface area contributed by atoms with Gasteiger partial charge in [-0.25, -0.2) is 0 Å². The number of benzene rings is 1. The van der Waals surface area contributed by atoms with Crippen molar-refractivity contribution in [3.05, 3.63) is 28.0 Å². The lowest BCUT2D eigenvalue weighted by atomic mass is 10.1. The highest BCUT2D eigenvalue weighted by atomic mass is 16.6. The molecule has 0 atom stereocenters. The van der Waals surface area contributed by atoms with Crippen molar-refractivity contribution in [1.82, 2.24) is 0 Å². The number of methoxy groups -OCH3 is 3. The van der Waals surface area contributed by atoms with Crippen molar-refractivity contribution in [3.8, 4) is 17.4 Å². The van der Waals surface area contributed by atoms with Crippen LogP contribution >= 0.6 is 0 Å². The fraction of sp³-hybridized carbons (Fsp3) is 0.333. The van der Waals surface area contributed by atoms with Gasteiger partial charge in [-0.2, -0.15) is 0 Å². The lowest BCUT2D eigenvalue weighted by molar-refractivity contribution is -0.499. The summed E-state index contributed by atoms with van der Waals surface area (Å²) in [6.45, 7) is -0.421. The topological polar surface area (TPSA) is 84.0 Å². The molecule has 0 amide bonds. The third-order valence-electron chi connectivity index (χ3n) is 2.72. The minimum atomic E-state index is -0.464. The molecule has 0 aliphatic rings. The first-order chi connectivity index (χ1) is 9.10. The van der Waals surface area contributed by atoms with Crippen LogP contribution in [0.25, 0.3) is 10.8 Å². The van der Waals surface area contributed by atoms with E-state index in [1.807, 2.05) is 0 Å². The standard InChI is InChI=1S/C12H13NO6/c1-16-9-4-7-8(5-10(9)17-2)12(18-3)19-11(7)6-13(14)15/h4-5H,6H2,1-3H3. The SMILES string of the molecule is COc1cc2c(C[N+](=O)[O-])oc(OC)c2cc1OC. The zero-order valence-electron chi connectivity index (χ0n) is 10.8. The predicted octanol–water partition coefficient (Wildman–Crippen LogP) is 2.24. The number of hydrogen-bond donors (Lipinski definition) is 0. The number of hydrogen-bond acceptors (Lipinski definition) is 6. The van der Waals surface area contributed by atoms with Gasteiger partial charge in [0.25, 0.3) is 12.5 Å². The normalized spacial score (nSPS) is 10.5. The molecule has 0 aliphatic heterocycles. The minimum Gasteiger partial charge on any atom is -0.493 e. The maximum absolute atomic E-state index is 10.6. The molecule has 0 saturated carbocycles. The average Bonchev–Trinajstić information content (AvgIpc) is 2.73. The first-order valence-electron chi connectivity index (χ1n) is 5.43. The Balaban J connectivity index is 2.68. The molecule has 0 fully saturated rings. The van der Waals surface area contributed by atoms with E-state index >= 15 is 0 Å². The van der Waals surface area contributed by atoms with Gasteiger partial charge in [-0.3, -0.25) is 10.1 Å². The molecule has 0 spiro atoms. The highest BCUT2D eigenvalue weighted by Crippen LogP contribution is 2.40. The van der Waals surface area contributed by atoms with Crippen LogP contribution in [0.2, 0.25) is 0 Å². The highest BCUT2D eigenvalue weighted by Gasteiger charge is 2.20. The van der Waals surface area contributed by atoms with E-state index in [2.05, 4.69) is 0 Å². The van der Waals surface area contributed by atoms with E-state index in [0.29, 0.717) is 22.3 Å². The van der Waals surface area contributed by atoms with Gasteiger partial charge in [-0.1, -0.05) is 0 Å². The Labute approximate surface area is 108 Å². The molecule has 7 nitrogen and oxygen atoms in total. The van der Waals surface area contributed by atoms with Gasteiger partial charge in [0, 0.05) is 10.3 Å². The van der Waals surface area contributed by atoms with Crippen LogP contribution in [0.1, 0.15) is 5.76 Å². The third-order valence-corrected chi connectivity index (χ3v) is 2.72. The van der Waals surface area contributed by atoms with Crippen molar-refractivity contribution in [2.75, 3.05) is 21.3 Å². The summed E-state index contributed by atoms with van der Waals surface area (Å²) in [7, 11) is 4.44. The Morgan fingerprint density at radius 1 is 1.11 bits per heavy atom. The molecule has 7 heteroatoms. The summed E-state index contributed by atoms with van der Waals surface area (Å²) in [5.41, 5.74) is 0. The van der Waals surface area contributed by atoms with Crippen molar-refractivity contribution in [1.29, 1.82) is 0 Å². The van der Waals surface area contributed by atoms with Crippen LogP contribution in [0.4, 0.5) is 0 Å². The second kappa shape index (κ2) is 5.05. The van der Waals surface area contributed by atoms with Crippen LogP contribution in [-0.2, 0) is 6.54 Å². The quantitative estimate of drug-likeness (QED) is 0.610. The number of fused-ring (bicyclic) bond motifs is 1. The van der Waals surface area contributed by atoms with Crippen molar-refractivity contribution >= 4 is 10.8 Å². The van der Waals surface area contributed by atoms with Gasteiger partial charge < -0.3 is 18.6 Å². The van der Waals surface area contributed by atoms with E-state index in [0.717, 1.165) is 0 Å². The molecule has 1 aromatic heterocycles. The van der Waals surface area contributed by atoms with E-state index in [1.165, 1.54) is 21.3 Å². The summed E-state index contributed by atoms with van der Waals surface area (Å²) >= 11 is 0. The second-order valence-corrected chi connectivity index (χ2v) is 3.76. The molecule has 0 aliphatic carbocycles. The van der Waals surface area contributed by atoms with Crippen molar-refractivity contribution in [2.24, 2.45) is 0 Å². The number of nitro groups is 1. The molecule has 102 valence electrons. The largest absolute Gasteiger partial charge is 0.493 e. The fourth-order valence-corrected chi connectivity index (χ4v) is 1.89. The molecular weight excluding hydrogens is 254 g/mol. The van der Waals surface area contributed by atoms with Crippen molar-refractivity contribution in [3.63, 3.8) is 0 Å². The smallest absolute Gasteiger partial charge is 0.292 e. The van der Waals surface area contributed by atoms with Gasteiger partial charge >= 0.3 is 0 Å². The molecule has 0 unspecified atom stereocenters. The summed E-state index contributed by atoms with van der Waals surface area (Å²) in [5.74, 6) is 1.41. The Morgan fingerprint density at radius 2 is 1.68 bits per heavy atom. The molecule has 0 bridgehead atoms. The summed E-state index contributed by atoms with van der Waals surface area (Å²) in [4.78, 5) is 10.2. The molecule has 1 aromatic carbocycles. The summed E-state index contributed by atoms with van der Waals surface area (Å²) < 4.78 is 20.8. The number of nitrogens with zero attached hydrogens (tertiary/aromatic N) is 1. The average molecular weight is 267 g/mol. The van der Waals surface area contributed by atoms with Gasteiger partial charge in [0.1, 0.15) is 0 Å². The van der Waals surface area contributed by atoms with Gasteiger partial charge in [0.15, 0.2) is 17.3 Å². The van der Waals surface area contributed by atoms with Gasteiger partial charge in [0.2, 0.25) is 0 Å². The second-order valence-electron chi connectivity index (χ2n) is 3.76. The van der Waals surface area contributed by atoms with Gasteiger partial charge in [-0.15, -0.1) is 0 Å². The van der Waals surface area contributed by atoms with E-state index in [9.17, 15) is 10.1 Å². The zero-order valence-corrected chi connectivity index (χ0v) is 10.8. The van der Waals surface area contributed by atoms with Crippen LogP contribution in [0, 0.1) is 10.1 Å². The predicted molar refractivity (Wildman–Crippen MR) is 66.6 cm³/mol. The van der Waals surface area contributed by atoms with Crippen LogP contribution in [0.15, 0.2) is 16.5 Å². The molecule has 2 rings (SSSR count). The van der Waals surface area contributed by atoms with E-state index in [-0.39, 0.29) is 11.7 Å². The maximum atomic E-state index is 10.6. The van der Waals surface area contributed by atoms with Crippen LogP contribution in [0.3, 0.4) is 0 Å². The van der Waals surface area contributed by atoms with Crippen LogP contribution < -0.4 is 14.2 Å². The van der Waals surface area contributed by atoms with Crippen LogP contribution in [0.5, 0.6) is 17.4 Å². The number of rotatable bonds is 5. The molecule has 1 heterocycles. The summed E-state index contributed by atoms with van der Waals surface area (Å²) in [5, 5.41) is 11.8. The van der Waals surface area contributed by atoms with Gasteiger partial charge in [-0.05, 0) is 12.1 Å². The lowest BCUT2D eigenvalue weighted by Crippen LogP contribution is -1.97. The Hall–Kier alpha value is -2.44. The van der Waals surface area contributed by atoms with E-state index < -0.39 is 11.5 Å². The molecule has 0 saturated heterocycles. The van der Waals surface area contributed by atoms with Crippen LogP contribution in [-0.4, -0.2) is 26.3 Å². The molecule has 0 N–H and O–H groups in total. The number of ether oxygens (including phenoxy) is 3. The number of furan rings is 1. The summed E-state index contributed by atoms with van der Waals surface area (Å²) in [6, 6.07) is 3.30. The van der Waals surface area contributed by atoms with Crippen molar-refractivity contribution in [2.45, 2.75) is 6.54 Å². The van der Waals surface area contributed by atoms with Crippen molar-refractivity contribution < 1.29 is 23.6 Å². The minimum absolute atomic E-state index is 0.216. The molecule has 19 heavy (non-hydrogen) atoms. The van der Waals surface area contributed by atoms with E-state index in [4.69, 9.17) is 18.6 Å². The molecular formula is C12H13NO6. The Morgan fingerprint density at radius 3 is 2.16 bits per heavy atom. The monoisotopic (exact) mass is 267 g/mol. The first-order valence-corrected chi connectivity index (χ1v) is 5.43. The molecule has 2 aromatic rings. The third kappa shape index (κ3) is 2.26.